The third-order valence-corrected chi connectivity index (χ3v) is 9.86. The lowest BCUT2D eigenvalue weighted by Crippen LogP contribution is -2.39. The van der Waals surface area contributed by atoms with Crippen LogP contribution in [0.3, 0.4) is 0 Å². The van der Waals surface area contributed by atoms with Gasteiger partial charge in [0.05, 0.1) is 9.79 Å². The Labute approximate surface area is 262 Å². The predicted molar refractivity (Wildman–Crippen MR) is 175 cm³/mol. The number of pyridine rings is 1. The first-order valence-corrected chi connectivity index (χ1v) is 17.3. The van der Waals surface area contributed by atoms with Gasteiger partial charge in [0.15, 0.2) is 6.54 Å². The van der Waals surface area contributed by atoms with Crippen molar-refractivity contribution >= 4 is 49.0 Å². The first-order chi connectivity index (χ1) is 21.6. The van der Waals surface area contributed by atoms with E-state index in [-0.39, 0.29) is 9.79 Å². The summed E-state index contributed by atoms with van der Waals surface area (Å²) in [4.78, 5) is 1.92. The Morgan fingerprint density at radius 2 is 1.24 bits per heavy atom. The molecule has 0 amide bonds. The smallest absolute Gasteiger partial charge is 0.294 e. The van der Waals surface area contributed by atoms with E-state index >= 15 is 0 Å². The van der Waals surface area contributed by atoms with Crippen molar-refractivity contribution in [1.82, 2.24) is 0 Å². The topological polar surface area (TPSA) is 116 Å². The van der Waals surface area contributed by atoms with Crippen LogP contribution in [-0.4, -0.2) is 32.5 Å². The molecule has 228 valence electrons. The fourth-order valence-electron chi connectivity index (χ4n) is 5.85. The minimum Gasteiger partial charge on any atom is -0.340 e. The maximum absolute atomic E-state index is 12.1. The fourth-order valence-corrected chi connectivity index (χ4v) is 7.35. The zero-order chi connectivity index (χ0) is 31.6. The molecule has 0 saturated heterocycles. The second-order valence-corrected chi connectivity index (χ2v) is 13.5. The van der Waals surface area contributed by atoms with Crippen molar-refractivity contribution in [2.45, 2.75) is 29.2 Å². The second-order valence-electron chi connectivity index (χ2n) is 10.7. The Morgan fingerprint density at radius 1 is 0.644 bits per heavy atom. The summed E-state index contributed by atoms with van der Waals surface area (Å²) in [7, 11) is -8.76. The van der Waals surface area contributed by atoms with Gasteiger partial charge in [-0.25, -0.2) is 0 Å². The quantitative estimate of drug-likeness (QED) is 0.151. The SMILES string of the molecule is O=S(=O)(O)c1ccccc1CCN1C(=Cc2ccc3ccccc3[n+]2CCc2ccccc2S(=O)(=O)O)C=Cc2ccccc21. The van der Waals surface area contributed by atoms with Crippen molar-refractivity contribution in [3.05, 3.63) is 143 Å². The Kier molecular flexibility index (Phi) is 8.39. The molecule has 0 spiro atoms. The summed E-state index contributed by atoms with van der Waals surface area (Å²) in [5.41, 5.74) is 5.73. The number of hydrogen-bond donors (Lipinski definition) is 2. The maximum Gasteiger partial charge on any atom is 0.294 e. The van der Waals surface area contributed by atoms with E-state index in [4.69, 9.17) is 0 Å². The van der Waals surface area contributed by atoms with Gasteiger partial charge in [0.1, 0.15) is 0 Å². The number of para-hydroxylation sites is 2. The molecule has 0 bridgehead atoms. The number of hydrogen-bond acceptors (Lipinski definition) is 5. The summed E-state index contributed by atoms with van der Waals surface area (Å²) in [6.07, 6.45) is 6.84. The van der Waals surface area contributed by atoms with Gasteiger partial charge in [-0.05, 0) is 59.5 Å². The molecule has 4 aromatic carbocycles. The van der Waals surface area contributed by atoms with Gasteiger partial charge in [0, 0.05) is 47.9 Å². The van der Waals surface area contributed by atoms with Crippen molar-refractivity contribution < 1.29 is 30.5 Å². The van der Waals surface area contributed by atoms with Crippen LogP contribution in [0.15, 0.2) is 131 Å². The number of nitrogens with zero attached hydrogens (tertiary/aromatic N) is 2. The molecule has 45 heavy (non-hydrogen) atoms. The van der Waals surface area contributed by atoms with Crippen LogP contribution in [0.5, 0.6) is 0 Å². The summed E-state index contributed by atoms with van der Waals surface area (Å²) in [6, 6.07) is 32.9. The zero-order valence-corrected chi connectivity index (χ0v) is 25.8. The monoisotopic (exact) mass is 639 g/mol. The minimum absolute atomic E-state index is 0.103. The zero-order valence-electron chi connectivity index (χ0n) is 24.2. The number of aryl methyl sites for hydroxylation is 2. The van der Waals surface area contributed by atoms with Crippen LogP contribution in [0, 0.1) is 0 Å². The van der Waals surface area contributed by atoms with Crippen LogP contribution < -0.4 is 9.47 Å². The molecule has 0 atom stereocenters. The molecule has 0 unspecified atom stereocenters. The van der Waals surface area contributed by atoms with E-state index in [2.05, 4.69) is 15.5 Å². The average molecular weight is 640 g/mol. The van der Waals surface area contributed by atoms with Crippen LogP contribution in [0.4, 0.5) is 5.69 Å². The number of aromatic nitrogens is 1. The molecular formula is C35H31N2O6S2+. The molecule has 6 rings (SSSR count). The first kappa shape index (κ1) is 30.4. The van der Waals surface area contributed by atoms with Gasteiger partial charge in [-0.2, -0.15) is 21.4 Å². The summed E-state index contributed by atoms with van der Waals surface area (Å²) in [6.45, 7) is 0.879. The molecule has 8 nitrogen and oxygen atoms in total. The molecule has 10 heteroatoms. The van der Waals surface area contributed by atoms with Gasteiger partial charge >= 0.3 is 0 Å². The van der Waals surface area contributed by atoms with Gasteiger partial charge in [-0.3, -0.25) is 9.11 Å². The highest BCUT2D eigenvalue weighted by Gasteiger charge is 2.23. The van der Waals surface area contributed by atoms with Crippen molar-refractivity contribution in [2.75, 3.05) is 11.4 Å². The summed E-state index contributed by atoms with van der Waals surface area (Å²) in [5.74, 6) is 0. The Hall–Kier alpha value is -4.61. The average Bonchev–Trinajstić information content (AvgIpc) is 3.03. The second kappa shape index (κ2) is 12.4. The van der Waals surface area contributed by atoms with Gasteiger partial charge in [-0.1, -0.05) is 72.8 Å². The van der Waals surface area contributed by atoms with Gasteiger partial charge < -0.3 is 4.90 Å². The maximum atomic E-state index is 12.1. The third-order valence-electron chi connectivity index (χ3n) is 7.95. The molecule has 2 heterocycles. The highest BCUT2D eigenvalue weighted by molar-refractivity contribution is 7.86. The highest BCUT2D eigenvalue weighted by atomic mass is 32.2. The van der Waals surface area contributed by atoms with Crippen molar-refractivity contribution in [3.8, 4) is 0 Å². The van der Waals surface area contributed by atoms with E-state index in [0.717, 1.165) is 33.5 Å². The molecule has 0 saturated carbocycles. The van der Waals surface area contributed by atoms with Crippen molar-refractivity contribution in [2.24, 2.45) is 0 Å². The van der Waals surface area contributed by atoms with Crippen LogP contribution >= 0.6 is 0 Å². The fraction of sp³-hybridized carbons (Fsp3) is 0.114. The van der Waals surface area contributed by atoms with E-state index in [1.54, 1.807) is 36.4 Å². The Balaban J connectivity index is 1.41. The van der Waals surface area contributed by atoms with Crippen LogP contribution in [0.1, 0.15) is 22.4 Å². The lowest BCUT2D eigenvalue weighted by atomic mass is 10.0. The molecule has 0 radical (unpaired) electrons. The molecule has 0 fully saturated rings. The van der Waals surface area contributed by atoms with Crippen molar-refractivity contribution in [1.29, 1.82) is 0 Å². The lowest BCUT2D eigenvalue weighted by molar-refractivity contribution is -0.672. The molecule has 2 N–H and O–H groups in total. The Morgan fingerprint density at radius 3 is 1.96 bits per heavy atom. The van der Waals surface area contributed by atoms with E-state index in [1.807, 2.05) is 72.8 Å². The predicted octanol–water partition coefficient (Wildman–Crippen LogP) is 5.98. The van der Waals surface area contributed by atoms with Crippen LogP contribution in [-0.2, 0) is 39.6 Å². The third kappa shape index (κ3) is 6.59. The summed E-state index contributed by atoms with van der Waals surface area (Å²) >= 11 is 0. The van der Waals surface area contributed by atoms with Crippen LogP contribution in [0.2, 0.25) is 0 Å². The minimum atomic E-state index is -4.38. The van der Waals surface area contributed by atoms with E-state index < -0.39 is 20.2 Å². The van der Waals surface area contributed by atoms with Crippen LogP contribution in [0.25, 0.3) is 23.1 Å². The number of rotatable bonds is 9. The summed E-state index contributed by atoms with van der Waals surface area (Å²) in [5, 5.41) is 1.02. The molecule has 1 aliphatic heterocycles. The summed E-state index contributed by atoms with van der Waals surface area (Å²) < 4.78 is 70.0. The molecule has 0 aliphatic carbocycles. The normalized spacial score (nSPS) is 14.2. The van der Waals surface area contributed by atoms with E-state index in [9.17, 15) is 25.9 Å². The van der Waals surface area contributed by atoms with Gasteiger partial charge in [0.25, 0.3) is 20.2 Å². The lowest BCUT2D eigenvalue weighted by Gasteiger charge is -2.30. The van der Waals surface area contributed by atoms with E-state index in [1.165, 1.54) is 12.1 Å². The number of anilines is 1. The molecular weight excluding hydrogens is 609 g/mol. The molecule has 5 aromatic rings. The standard InChI is InChI=1S/C35H30N2O6S2/c38-44(39,40)34-15-7-3-11-28(34)21-23-36-30(19-17-26-9-1-5-13-32(26)36)25-31-20-18-27-10-2-6-14-33(27)37(31)24-22-29-12-4-8-16-35(29)45(41,42)43/h1-20,25H,21-24H2,(H-,38,39,40,41,42,43)/p+1. The molecule has 1 aliphatic rings. The number of fused-ring (bicyclic) bond motifs is 2. The number of benzene rings is 4. The largest absolute Gasteiger partial charge is 0.340 e. The number of allylic oxidation sites excluding steroid dienone is 1. The highest BCUT2D eigenvalue weighted by Crippen LogP contribution is 2.32. The van der Waals surface area contributed by atoms with Gasteiger partial charge in [0.2, 0.25) is 11.2 Å². The Bertz CT molecular complexity index is 2190. The first-order valence-electron chi connectivity index (χ1n) is 14.4. The van der Waals surface area contributed by atoms with Crippen molar-refractivity contribution in [3.63, 3.8) is 0 Å². The van der Waals surface area contributed by atoms with Gasteiger partial charge in [-0.15, -0.1) is 0 Å². The molecule has 1 aromatic heterocycles. The van der Waals surface area contributed by atoms with E-state index in [0.29, 0.717) is 37.1 Å².